The monoisotopic (exact) mass is 608 g/mol. The first-order chi connectivity index (χ1) is 18.9. The van der Waals surface area contributed by atoms with E-state index in [1.54, 1.807) is 7.11 Å². The fourth-order valence-electron chi connectivity index (χ4n) is 4.50. The predicted octanol–water partition coefficient (Wildman–Crippen LogP) is 3.72. The van der Waals surface area contributed by atoms with Gasteiger partial charge in [-0.1, -0.05) is 70.2 Å². The van der Waals surface area contributed by atoms with Crippen LogP contribution in [0.3, 0.4) is 0 Å². The van der Waals surface area contributed by atoms with E-state index in [1.165, 1.54) is 5.56 Å². The zero-order chi connectivity index (χ0) is 27.8. The zero-order valence-electron chi connectivity index (χ0n) is 24.2. The minimum absolute atomic E-state index is 0. The molecule has 214 valence electrons. The first kappa shape index (κ1) is 31.2. The van der Waals surface area contributed by atoms with Gasteiger partial charge >= 0.3 is 0 Å². The van der Waals surface area contributed by atoms with Crippen molar-refractivity contribution in [1.82, 2.24) is 4.57 Å². The Morgan fingerprint density at radius 3 is 2.27 bits per heavy atom. The van der Waals surface area contributed by atoms with E-state index in [9.17, 15) is 4.79 Å². The van der Waals surface area contributed by atoms with E-state index < -0.39 is 0 Å². The molecule has 0 atom stereocenters. The van der Waals surface area contributed by atoms with Crippen LogP contribution in [0.4, 0.5) is 0 Å². The molecule has 4 rings (SSSR count). The van der Waals surface area contributed by atoms with Crippen molar-refractivity contribution in [1.29, 1.82) is 0 Å². The molecule has 7 heteroatoms. The standard InChI is InChI=1S/C33H41N2O4.BrH/c1-24(2)14-18-38-31-20-28(29(36)22-35-17-16-34(23-35)21-26-10-7-6-8-11-26)33(39-19-15-25(3)4)32-27(31)12-9-13-30(32)37-5;/h6-13,16-17,20,23-25H,14-15,18-19,21-22H2,1-5H3;1H/q+1;/p-1. The van der Waals surface area contributed by atoms with Crippen molar-refractivity contribution in [2.75, 3.05) is 20.3 Å². The van der Waals surface area contributed by atoms with Gasteiger partial charge in [0.05, 0.1) is 31.3 Å². The van der Waals surface area contributed by atoms with Gasteiger partial charge in [0.2, 0.25) is 12.1 Å². The summed E-state index contributed by atoms with van der Waals surface area (Å²) >= 11 is 0. The number of benzene rings is 3. The van der Waals surface area contributed by atoms with Crippen molar-refractivity contribution < 1.29 is 40.6 Å². The third-order valence-corrected chi connectivity index (χ3v) is 6.73. The van der Waals surface area contributed by atoms with Crippen molar-refractivity contribution in [2.24, 2.45) is 11.8 Å². The molecule has 0 spiro atoms. The molecule has 3 aromatic carbocycles. The summed E-state index contributed by atoms with van der Waals surface area (Å²) in [5.74, 6) is 2.86. The van der Waals surface area contributed by atoms with Crippen LogP contribution in [0.15, 0.2) is 73.3 Å². The van der Waals surface area contributed by atoms with Crippen molar-refractivity contribution in [3.63, 3.8) is 0 Å². The Kier molecular flexibility index (Phi) is 11.6. The summed E-state index contributed by atoms with van der Waals surface area (Å²) in [6, 6.07) is 18.0. The first-order valence-electron chi connectivity index (χ1n) is 13.9. The highest BCUT2D eigenvalue weighted by Crippen LogP contribution is 2.42. The minimum Gasteiger partial charge on any atom is -1.00 e. The Labute approximate surface area is 248 Å². The lowest BCUT2D eigenvalue weighted by Gasteiger charge is -2.19. The van der Waals surface area contributed by atoms with E-state index in [4.69, 9.17) is 14.2 Å². The normalized spacial score (nSPS) is 11.1. The number of hydrogen-bond donors (Lipinski definition) is 0. The molecule has 6 nitrogen and oxygen atoms in total. The summed E-state index contributed by atoms with van der Waals surface area (Å²) in [5.41, 5.74) is 1.72. The molecule has 0 saturated heterocycles. The molecule has 0 saturated carbocycles. The zero-order valence-corrected chi connectivity index (χ0v) is 25.8. The minimum atomic E-state index is -0.0430. The topological polar surface area (TPSA) is 53.6 Å². The van der Waals surface area contributed by atoms with Crippen LogP contribution in [-0.4, -0.2) is 30.7 Å². The van der Waals surface area contributed by atoms with Crippen molar-refractivity contribution in [3.05, 3.63) is 84.4 Å². The van der Waals surface area contributed by atoms with Crippen LogP contribution in [0.5, 0.6) is 17.2 Å². The van der Waals surface area contributed by atoms with Crippen LogP contribution >= 0.6 is 0 Å². The second kappa shape index (κ2) is 14.9. The predicted molar refractivity (Wildman–Crippen MR) is 155 cm³/mol. The van der Waals surface area contributed by atoms with Crippen LogP contribution in [0.2, 0.25) is 0 Å². The third kappa shape index (κ3) is 8.10. The number of Topliss-reactive ketones (excluding diaryl/α,β-unsaturated/α-hetero) is 1. The number of hydrogen-bond acceptors (Lipinski definition) is 4. The molecule has 0 radical (unpaired) electrons. The molecule has 0 fully saturated rings. The number of carbonyl (C=O) groups excluding carboxylic acids is 1. The van der Waals surface area contributed by atoms with Crippen LogP contribution in [-0.2, 0) is 13.1 Å². The van der Waals surface area contributed by atoms with Gasteiger partial charge in [0.15, 0.2) is 6.54 Å². The van der Waals surface area contributed by atoms with E-state index in [-0.39, 0.29) is 29.3 Å². The van der Waals surface area contributed by atoms with Crippen LogP contribution in [0.1, 0.15) is 56.5 Å². The number of ether oxygens (including phenoxy) is 3. The van der Waals surface area contributed by atoms with E-state index in [1.807, 2.05) is 65.8 Å². The molecule has 1 aromatic heterocycles. The maximum atomic E-state index is 13.9. The summed E-state index contributed by atoms with van der Waals surface area (Å²) in [7, 11) is 1.64. The molecule has 0 bridgehead atoms. The van der Waals surface area contributed by atoms with E-state index in [0.29, 0.717) is 47.9 Å². The summed E-state index contributed by atoms with van der Waals surface area (Å²) in [5, 5.41) is 1.66. The van der Waals surface area contributed by atoms with Gasteiger partial charge in [-0.3, -0.25) is 4.79 Å². The number of ketones is 1. The highest BCUT2D eigenvalue weighted by molar-refractivity contribution is 6.08. The van der Waals surface area contributed by atoms with Gasteiger partial charge in [-0.25, -0.2) is 9.13 Å². The van der Waals surface area contributed by atoms with Gasteiger partial charge in [0, 0.05) is 5.39 Å². The van der Waals surface area contributed by atoms with Gasteiger partial charge < -0.3 is 31.2 Å². The van der Waals surface area contributed by atoms with Crippen LogP contribution < -0.4 is 35.8 Å². The highest BCUT2D eigenvalue weighted by Gasteiger charge is 2.24. The maximum absolute atomic E-state index is 13.9. The van der Waals surface area contributed by atoms with Crippen molar-refractivity contribution in [3.8, 4) is 17.2 Å². The Balaban J connectivity index is 0.00000441. The third-order valence-electron chi connectivity index (χ3n) is 6.73. The van der Waals surface area contributed by atoms with E-state index >= 15 is 0 Å². The van der Waals surface area contributed by atoms with E-state index in [2.05, 4.69) is 44.4 Å². The summed E-state index contributed by atoms with van der Waals surface area (Å²) in [4.78, 5) is 13.9. The molecule has 4 aromatic rings. The fraction of sp³-hybridized carbons (Fsp3) is 0.394. The second-order valence-electron chi connectivity index (χ2n) is 10.9. The average molecular weight is 610 g/mol. The van der Waals surface area contributed by atoms with Gasteiger partial charge in [-0.15, -0.1) is 0 Å². The Hall–Kier alpha value is -3.32. The lowest BCUT2D eigenvalue weighted by atomic mass is 10.00. The molecule has 0 amide bonds. The molecule has 0 unspecified atom stereocenters. The largest absolute Gasteiger partial charge is 1.00 e. The second-order valence-corrected chi connectivity index (χ2v) is 10.9. The Morgan fingerprint density at radius 2 is 1.60 bits per heavy atom. The van der Waals surface area contributed by atoms with Gasteiger partial charge in [0.25, 0.3) is 0 Å². The number of carbonyl (C=O) groups is 1. The fourth-order valence-corrected chi connectivity index (χ4v) is 4.50. The van der Waals surface area contributed by atoms with Crippen LogP contribution in [0, 0.1) is 11.8 Å². The molecule has 0 aliphatic heterocycles. The Morgan fingerprint density at radius 1 is 0.900 bits per heavy atom. The molecule has 40 heavy (non-hydrogen) atoms. The number of imidazole rings is 1. The number of nitrogens with zero attached hydrogens (tertiary/aromatic N) is 2. The number of halogens is 1. The quantitative estimate of drug-likeness (QED) is 0.162. The van der Waals surface area contributed by atoms with Crippen molar-refractivity contribution >= 4 is 16.6 Å². The van der Waals surface area contributed by atoms with Gasteiger partial charge in [-0.05, 0) is 42.4 Å². The Bertz CT molecular complexity index is 1380. The molecular weight excluding hydrogens is 568 g/mol. The molecular formula is C33H41BrN2O4. The lowest BCUT2D eigenvalue weighted by molar-refractivity contribution is -0.682. The summed E-state index contributed by atoms with van der Waals surface area (Å²) < 4.78 is 22.4. The molecule has 0 aliphatic carbocycles. The number of rotatable bonds is 14. The average Bonchev–Trinajstić information content (AvgIpc) is 3.35. The van der Waals surface area contributed by atoms with Gasteiger partial charge in [0.1, 0.15) is 36.2 Å². The lowest BCUT2D eigenvalue weighted by Crippen LogP contribution is -3.00. The molecule has 0 aliphatic rings. The van der Waals surface area contributed by atoms with Crippen molar-refractivity contribution in [2.45, 2.75) is 53.6 Å². The van der Waals surface area contributed by atoms with Gasteiger partial charge in [-0.2, -0.15) is 0 Å². The summed E-state index contributed by atoms with van der Waals surface area (Å²) in [6.07, 6.45) is 7.69. The first-order valence-corrected chi connectivity index (χ1v) is 13.9. The molecule has 1 heterocycles. The highest BCUT2D eigenvalue weighted by atomic mass is 79.9. The number of aromatic nitrogens is 2. The SMILES string of the molecule is COc1cccc2c(OCCC(C)C)cc(C(=O)C[n+]3ccn(Cc4ccccc4)c3)c(OCCC(C)C)c12.[Br-]. The smallest absolute Gasteiger partial charge is 0.244 e. The van der Waals surface area contributed by atoms with E-state index in [0.717, 1.165) is 30.2 Å². The number of methoxy groups -OCH3 is 1. The summed E-state index contributed by atoms with van der Waals surface area (Å²) in [6.45, 7) is 10.7. The number of fused-ring (bicyclic) bond motifs is 1. The maximum Gasteiger partial charge on any atom is 0.244 e. The molecule has 0 N–H and O–H groups in total. The van der Waals surface area contributed by atoms with Crippen LogP contribution in [0.25, 0.3) is 10.8 Å².